The number of aryl methyl sites for hydroxylation is 1. The Labute approximate surface area is 115 Å². The van der Waals surface area contributed by atoms with E-state index in [-0.39, 0.29) is 0 Å². The molecule has 2 aliphatic carbocycles. The first kappa shape index (κ1) is 12.9. The van der Waals surface area contributed by atoms with Gasteiger partial charge < -0.3 is 0 Å². The number of carbonyl (C=O) groups excluding carboxylic acids is 1. The van der Waals surface area contributed by atoms with Gasteiger partial charge in [0.25, 0.3) is 0 Å². The maximum absolute atomic E-state index is 11.6. The molecular weight excluding hydrogens is 236 g/mol. The minimum absolute atomic E-state index is 0.416. The van der Waals surface area contributed by atoms with Crippen molar-refractivity contribution in [3.05, 3.63) is 18.0 Å². The predicted octanol–water partition coefficient (Wildman–Crippen LogP) is 3.69. The topological polar surface area (TPSA) is 34.9 Å². The highest BCUT2D eigenvalue weighted by atomic mass is 16.1. The van der Waals surface area contributed by atoms with Crippen molar-refractivity contribution in [1.29, 1.82) is 0 Å². The molecule has 0 bridgehead atoms. The lowest BCUT2D eigenvalue weighted by atomic mass is 9.96. The molecule has 1 heterocycles. The van der Waals surface area contributed by atoms with Gasteiger partial charge in [0.05, 0.1) is 11.7 Å². The van der Waals surface area contributed by atoms with E-state index in [0.29, 0.717) is 17.7 Å². The van der Waals surface area contributed by atoms with Crippen molar-refractivity contribution in [3.8, 4) is 0 Å². The van der Waals surface area contributed by atoms with E-state index < -0.39 is 0 Å². The summed E-state index contributed by atoms with van der Waals surface area (Å²) in [6, 6.07) is 2.76. The largest absolute Gasteiger partial charge is 0.299 e. The molecule has 104 valence electrons. The van der Waals surface area contributed by atoms with Gasteiger partial charge in [-0.15, -0.1) is 0 Å². The van der Waals surface area contributed by atoms with Crippen molar-refractivity contribution < 1.29 is 4.79 Å². The van der Waals surface area contributed by atoms with Crippen molar-refractivity contribution in [2.45, 2.75) is 70.3 Å². The van der Waals surface area contributed by atoms with Crippen LogP contribution in [0.5, 0.6) is 0 Å². The number of Topliss-reactive ketones (excluding diaryl/α,β-unsaturated/α-hetero) is 1. The molecule has 19 heavy (non-hydrogen) atoms. The summed E-state index contributed by atoms with van der Waals surface area (Å²) in [5.74, 6) is 0.895. The predicted molar refractivity (Wildman–Crippen MR) is 75.0 cm³/mol. The number of nitrogens with zero attached hydrogens (tertiary/aromatic N) is 2. The maximum Gasteiger partial charge on any atom is 0.135 e. The molecule has 0 atom stereocenters. The molecule has 2 fully saturated rings. The lowest BCUT2D eigenvalue weighted by molar-refractivity contribution is -0.120. The fourth-order valence-electron chi connectivity index (χ4n) is 3.11. The highest BCUT2D eigenvalue weighted by Gasteiger charge is 2.28. The number of hydrogen-bond acceptors (Lipinski definition) is 2. The van der Waals surface area contributed by atoms with Gasteiger partial charge in [0.15, 0.2) is 0 Å². The minimum atomic E-state index is 0.416. The van der Waals surface area contributed by atoms with Crippen LogP contribution in [-0.2, 0) is 11.2 Å². The smallest absolute Gasteiger partial charge is 0.135 e. The van der Waals surface area contributed by atoms with Gasteiger partial charge in [0, 0.05) is 18.5 Å². The van der Waals surface area contributed by atoms with E-state index >= 15 is 0 Å². The molecule has 0 saturated heterocycles. The zero-order chi connectivity index (χ0) is 13.1. The Kier molecular flexibility index (Phi) is 4.00. The molecule has 0 amide bonds. The average Bonchev–Trinajstić information content (AvgIpc) is 3.20. The van der Waals surface area contributed by atoms with Gasteiger partial charge in [0.2, 0.25) is 0 Å². The minimum Gasteiger partial charge on any atom is -0.299 e. The van der Waals surface area contributed by atoms with Gasteiger partial charge in [-0.05, 0) is 44.6 Å². The van der Waals surface area contributed by atoms with Crippen molar-refractivity contribution in [2.75, 3.05) is 0 Å². The summed E-state index contributed by atoms with van der Waals surface area (Å²) < 4.78 is 2.16. The molecule has 0 aromatic carbocycles. The third-order valence-electron chi connectivity index (χ3n) is 4.50. The van der Waals surface area contributed by atoms with Crippen LogP contribution in [0.2, 0.25) is 0 Å². The molecule has 3 heteroatoms. The summed E-state index contributed by atoms with van der Waals surface area (Å²) in [5.41, 5.74) is 1.16. The monoisotopic (exact) mass is 260 g/mol. The summed E-state index contributed by atoms with van der Waals surface area (Å²) in [6.45, 7) is 0. The van der Waals surface area contributed by atoms with E-state index in [1.165, 1.54) is 32.1 Å². The molecule has 2 saturated carbocycles. The third-order valence-corrected chi connectivity index (χ3v) is 4.50. The second-order valence-electron chi connectivity index (χ2n) is 6.17. The van der Waals surface area contributed by atoms with Gasteiger partial charge in [-0.3, -0.25) is 9.48 Å². The molecule has 1 aromatic rings. The van der Waals surface area contributed by atoms with E-state index in [4.69, 9.17) is 5.10 Å². The molecule has 0 N–H and O–H groups in total. The number of ketones is 1. The van der Waals surface area contributed by atoms with Crippen LogP contribution < -0.4 is 0 Å². The molecule has 0 radical (unpaired) electrons. The van der Waals surface area contributed by atoms with E-state index in [1.54, 1.807) is 0 Å². The molecular formula is C16H24N2O. The highest BCUT2D eigenvalue weighted by Crippen LogP contribution is 2.31. The Morgan fingerprint density at radius 1 is 1.21 bits per heavy atom. The molecule has 1 aromatic heterocycles. The highest BCUT2D eigenvalue weighted by molar-refractivity contribution is 5.83. The Balaban J connectivity index is 1.45. The first-order valence-corrected chi connectivity index (χ1v) is 7.89. The first-order chi connectivity index (χ1) is 9.33. The maximum atomic E-state index is 11.6. The second kappa shape index (κ2) is 5.89. The number of aromatic nitrogens is 2. The lowest BCUT2D eigenvalue weighted by Gasteiger charge is -2.21. The molecule has 3 rings (SSSR count). The molecule has 0 aliphatic heterocycles. The van der Waals surface area contributed by atoms with Gasteiger partial charge in [-0.25, -0.2) is 0 Å². The number of rotatable bonds is 6. The SMILES string of the molecule is O=C(CCCc1ccn(C2CCCCC2)n1)C1CC1. The van der Waals surface area contributed by atoms with Crippen LogP contribution in [-0.4, -0.2) is 15.6 Å². The fourth-order valence-corrected chi connectivity index (χ4v) is 3.11. The van der Waals surface area contributed by atoms with E-state index in [2.05, 4.69) is 16.9 Å². The molecule has 2 aliphatic rings. The number of hydrogen-bond donors (Lipinski definition) is 0. The standard InChI is InChI=1S/C16H24N2O/c19-16(13-9-10-13)8-4-5-14-11-12-18(17-14)15-6-2-1-3-7-15/h11-13,15H,1-10H2. The number of carbonyl (C=O) groups is 1. The van der Waals surface area contributed by atoms with Crippen molar-refractivity contribution in [2.24, 2.45) is 5.92 Å². The summed E-state index contributed by atoms with van der Waals surface area (Å²) in [5, 5.41) is 4.70. The zero-order valence-electron chi connectivity index (χ0n) is 11.7. The quantitative estimate of drug-likeness (QED) is 0.782. The molecule has 3 nitrogen and oxygen atoms in total. The van der Waals surface area contributed by atoms with E-state index in [9.17, 15) is 4.79 Å². The van der Waals surface area contributed by atoms with Crippen LogP contribution in [0.3, 0.4) is 0 Å². The Bertz CT molecular complexity index is 428. The van der Waals surface area contributed by atoms with Crippen LogP contribution in [0.15, 0.2) is 12.3 Å². The van der Waals surface area contributed by atoms with Gasteiger partial charge in [-0.2, -0.15) is 5.10 Å². The summed E-state index contributed by atoms with van der Waals surface area (Å²) in [6.07, 6.45) is 13.7. The fraction of sp³-hybridized carbons (Fsp3) is 0.750. The van der Waals surface area contributed by atoms with Gasteiger partial charge in [-0.1, -0.05) is 19.3 Å². The molecule has 0 unspecified atom stereocenters. The normalized spacial score (nSPS) is 20.6. The van der Waals surface area contributed by atoms with E-state index in [0.717, 1.165) is 37.8 Å². The summed E-state index contributed by atoms with van der Waals surface area (Å²) >= 11 is 0. The zero-order valence-corrected chi connectivity index (χ0v) is 11.7. The van der Waals surface area contributed by atoms with Crippen LogP contribution >= 0.6 is 0 Å². The van der Waals surface area contributed by atoms with Gasteiger partial charge >= 0.3 is 0 Å². The Morgan fingerprint density at radius 3 is 2.74 bits per heavy atom. The Morgan fingerprint density at radius 2 is 2.00 bits per heavy atom. The van der Waals surface area contributed by atoms with Gasteiger partial charge in [0.1, 0.15) is 5.78 Å². The Hall–Kier alpha value is -1.12. The first-order valence-electron chi connectivity index (χ1n) is 7.89. The second-order valence-corrected chi connectivity index (χ2v) is 6.17. The van der Waals surface area contributed by atoms with Crippen molar-refractivity contribution in [3.63, 3.8) is 0 Å². The van der Waals surface area contributed by atoms with Crippen LogP contribution in [0.25, 0.3) is 0 Å². The van der Waals surface area contributed by atoms with Crippen molar-refractivity contribution >= 4 is 5.78 Å². The van der Waals surface area contributed by atoms with Crippen LogP contribution in [0.4, 0.5) is 0 Å². The summed E-state index contributed by atoms with van der Waals surface area (Å²) in [4.78, 5) is 11.6. The average molecular weight is 260 g/mol. The third kappa shape index (κ3) is 3.46. The van der Waals surface area contributed by atoms with Crippen LogP contribution in [0.1, 0.15) is 69.5 Å². The van der Waals surface area contributed by atoms with E-state index in [1.807, 2.05) is 0 Å². The lowest BCUT2D eigenvalue weighted by Crippen LogP contribution is -2.13. The van der Waals surface area contributed by atoms with Crippen molar-refractivity contribution in [1.82, 2.24) is 9.78 Å². The summed E-state index contributed by atoms with van der Waals surface area (Å²) in [7, 11) is 0. The van der Waals surface area contributed by atoms with Crippen LogP contribution in [0, 0.1) is 5.92 Å². The molecule has 0 spiro atoms.